The molecule has 0 bridgehead atoms. The van der Waals surface area contributed by atoms with Gasteiger partial charge in [-0.25, -0.2) is 0 Å². The number of benzene rings is 1. The summed E-state index contributed by atoms with van der Waals surface area (Å²) in [5, 5.41) is 7.32. The van der Waals surface area contributed by atoms with E-state index in [1.165, 1.54) is 18.9 Å². The van der Waals surface area contributed by atoms with Crippen molar-refractivity contribution in [3.8, 4) is 11.1 Å². The molecule has 1 aliphatic rings. The van der Waals surface area contributed by atoms with Crippen LogP contribution in [0.25, 0.3) is 17.2 Å². The summed E-state index contributed by atoms with van der Waals surface area (Å²) in [6, 6.07) is 10.1. The topological polar surface area (TPSA) is 69.0 Å². The average Bonchev–Trinajstić information content (AvgIpc) is 3.45. The maximum atomic E-state index is 12.3. The summed E-state index contributed by atoms with van der Waals surface area (Å²) in [4.78, 5) is 16.5. The number of methoxy groups -OCH3 is 1. The third-order valence-corrected chi connectivity index (χ3v) is 4.63. The van der Waals surface area contributed by atoms with Crippen molar-refractivity contribution in [2.24, 2.45) is 0 Å². The average molecular weight is 374 g/mol. The quantitative estimate of drug-likeness (QED) is 0.633. The van der Waals surface area contributed by atoms with Crippen molar-refractivity contribution in [2.45, 2.75) is 25.5 Å². The fraction of sp³-hybridized carbons (Fsp3) is 0.227. The Morgan fingerprint density at radius 1 is 1.25 bits per heavy atom. The number of aromatic nitrogens is 3. The highest BCUT2D eigenvalue weighted by Crippen LogP contribution is 2.35. The van der Waals surface area contributed by atoms with Gasteiger partial charge in [-0.2, -0.15) is 5.10 Å². The Balaban J connectivity index is 1.45. The largest absolute Gasteiger partial charge is 0.380 e. The molecule has 0 radical (unpaired) electrons. The molecule has 0 saturated heterocycles. The summed E-state index contributed by atoms with van der Waals surface area (Å²) in [5.74, 6) is -0.192. The Kier molecular flexibility index (Phi) is 5.30. The van der Waals surface area contributed by atoms with Crippen molar-refractivity contribution >= 4 is 17.7 Å². The maximum Gasteiger partial charge on any atom is 0.248 e. The molecule has 1 N–H and O–H groups in total. The maximum absolute atomic E-state index is 12.3. The van der Waals surface area contributed by atoms with Gasteiger partial charge in [-0.3, -0.25) is 14.5 Å². The molecule has 1 amide bonds. The van der Waals surface area contributed by atoms with Gasteiger partial charge in [-0.1, -0.05) is 12.1 Å². The molecule has 2 heterocycles. The van der Waals surface area contributed by atoms with E-state index in [0.717, 1.165) is 27.9 Å². The van der Waals surface area contributed by atoms with Crippen LogP contribution in [0.3, 0.4) is 0 Å². The van der Waals surface area contributed by atoms with Gasteiger partial charge in [0.25, 0.3) is 0 Å². The molecule has 6 nitrogen and oxygen atoms in total. The Morgan fingerprint density at radius 3 is 2.82 bits per heavy atom. The van der Waals surface area contributed by atoms with Crippen LogP contribution in [0.4, 0.5) is 5.69 Å². The second-order valence-corrected chi connectivity index (χ2v) is 6.86. The third kappa shape index (κ3) is 4.35. The fourth-order valence-corrected chi connectivity index (χ4v) is 3.02. The van der Waals surface area contributed by atoms with Crippen LogP contribution in [0.2, 0.25) is 0 Å². The first-order chi connectivity index (χ1) is 13.7. The number of amides is 1. The van der Waals surface area contributed by atoms with Crippen LogP contribution in [0.15, 0.2) is 61.2 Å². The number of carbonyl (C=O) groups is 1. The lowest BCUT2D eigenvalue weighted by molar-refractivity contribution is -0.111. The third-order valence-electron chi connectivity index (χ3n) is 4.63. The fourth-order valence-electron chi connectivity index (χ4n) is 3.02. The van der Waals surface area contributed by atoms with Gasteiger partial charge in [0.05, 0.1) is 18.8 Å². The summed E-state index contributed by atoms with van der Waals surface area (Å²) in [5.41, 5.74) is 4.72. The van der Waals surface area contributed by atoms with Gasteiger partial charge in [-0.15, -0.1) is 0 Å². The lowest BCUT2D eigenvalue weighted by atomic mass is 10.0. The van der Waals surface area contributed by atoms with Crippen LogP contribution >= 0.6 is 0 Å². The van der Waals surface area contributed by atoms with Crippen LogP contribution in [0, 0.1) is 0 Å². The molecular formula is C22H22N4O2. The summed E-state index contributed by atoms with van der Waals surface area (Å²) in [6.07, 6.45) is 13.1. The van der Waals surface area contributed by atoms with Crippen molar-refractivity contribution in [3.63, 3.8) is 0 Å². The Labute approximate surface area is 163 Å². The van der Waals surface area contributed by atoms with E-state index in [2.05, 4.69) is 21.6 Å². The van der Waals surface area contributed by atoms with Gasteiger partial charge < -0.3 is 10.1 Å². The number of nitrogens with zero attached hydrogens (tertiary/aromatic N) is 3. The highest BCUT2D eigenvalue weighted by molar-refractivity contribution is 6.02. The van der Waals surface area contributed by atoms with Gasteiger partial charge in [0.2, 0.25) is 5.91 Å². The van der Waals surface area contributed by atoms with E-state index >= 15 is 0 Å². The standard InChI is InChI=1S/C22H22N4O2/c1-28-15-16-2-5-19(6-3-16)25-22(27)9-4-17-12-23-11-10-21(17)18-13-24-26(14-18)20-7-8-20/h2-6,9-14,20H,7-8,15H2,1H3,(H,25,27). The second kappa shape index (κ2) is 8.19. The molecule has 0 unspecified atom stereocenters. The first-order valence-electron chi connectivity index (χ1n) is 9.28. The summed E-state index contributed by atoms with van der Waals surface area (Å²) < 4.78 is 7.11. The van der Waals surface area contributed by atoms with Crippen molar-refractivity contribution in [3.05, 3.63) is 72.3 Å². The minimum atomic E-state index is -0.192. The molecule has 1 aliphatic carbocycles. The molecule has 0 atom stereocenters. The first kappa shape index (κ1) is 18.1. The minimum Gasteiger partial charge on any atom is -0.380 e. The van der Waals surface area contributed by atoms with Gasteiger partial charge in [0.1, 0.15) is 0 Å². The molecule has 6 heteroatoms. The van der Waals surface area contributed by atoms with E-state index in [4.69, 9.17) is 4.74 Å². The van der Waals surface area contributed by atoms with Gasteiger partial charge in [-0.05, 0) is 48.2 Å². The predicted molar refractivity (Wildman–Crippen MR) is 109 cm³/mol. The number of hydrogen-bond acceptors (Lipinski definition) is 4. The van der Waals surface area contributed by atoms with E-state index in [-0.39, 0.29) is 5.91 Å². The minimum absolute atomic E-state index is 0.192. The lowest BCUT2D eigenvalue weighted by Crippen LogP contribution is -2.07. The zero-order valence-electron chi connectivity index (χ0n) is 15.7. The predicted octanol–water partition coefficient (Wildman–Crippen LogP) is 4.08. The van der Waals surface area contributed by atoms with E-state index in [0.29, 0.717) is 12.6 Å². The summed E-state index contributed by atoms with van der Waals surface area (Å²) in [6.45, 7) is 0.551. The van der Waals surface area contributed by atoms with Crippen molar-refractivity contribution in [2.75, 3.05) is 12.4 Å². The van der Waals surface area contributed by atoms with E-state index in [1.54, 1.807) is 25.6 Å². The van der Waals surface area contributed by atoms with Gasteiger partial charge >= 0.3 is 0 Å². The number of anilines is 1. The molecular weight excluding hydrogens is 352 g/mol. The van der Waals surface area contributed by atoms with E-state index in [9.17, 15) is 4.79 Å². The monoisotopic (exact) mass is 374 g/mol. The molecule has 28 heavy (non-hydrogen) atoms. The van der Waals surface area contributed by atoms with Crippen LogP contribution in [-0.4, -0.2) is 27.8 Å². The first-order valence-corrected chi connectivity index (χ1v) is 9.28. The van der Waals surface area contributed by atoms with Crippen LogP contribution in [-0.2, 0) is 16.1 Å². The molecule has 1 saturated carbocycles. The molecule has 2 aromatic heterocycles. The molecule has 3 aromatic rings. The van der Waals surface area contributed by atoms with Gasteiger partial charge in [0.15, 0.2) is 0 Å². The Bertz CT molecular complexity index is 988. The molecule has 0 spiro atoms. The number of nitrogens with one attached hydrogen (secondary N) is 1. The lowest BCUT2D eigenvalue weighted by Gasteiger charge is -2.05. The number of carbonyl (C=O) groups excluding carboxylic acids is 1. The molecule has 0 aliphatic heterocycles. The van der Waals surface area contributed by atoms with E-state index < -0.39 is 0 Å². The number of ether oxygens (including phenoxy) is 1. The van der Waals surface area contributed by atoms with Crippen LogP contribution in [0.1, 0.15) is 30.0 Å². The Hall–Kier alpha value is -3.25. The van der Waals surface area contributed by atoms with Crippen LogP contribution < -0.4 is 5.32 Å². The van der Waals surface area contributed by atoms with Crippen molar-refractivity contribution in [1.29, 1.82) is 0 Å². The summed E-state index contributed by atoms with van der Waals surface area (Å²) in [7, 11) is 1.66. The smallest absolute Gasteiger partial charge is 0.248 e. The van der Waals surface area contributed by atoms with Crippen LogP contribution in [0.5, 0.6) is 0 Å². The highest BCUT2D eigenvalue weighted by atomic mass is 16.5. The molecule has 4 rings (SSSR count). The normalized spacial score (nSPS) is 13.8. The molecule has 142 valence electrons. The summed E-state index contributed by atoms with van der Waals surface area (Å²) >= 11 is 0. The molecule has 1 aromatic carbocycles. The molecule has 1 fully saturated rings. The zero-order chi connectivity index (χ0) is 19.3. The Morgan fingerprint density at radius 2 is 2.07 bits per heavy atom. The second-order valence-electron chi connectivity index (χ2n) is 6.86. The number of pyridine rings is 1. The van der Waals surface area contributed by atoms with Crippen molar-refractivity contribution < 1.29 is 9.53 Å². The van der Waals surface area contributed by atoms with E-state index in [1.807, 2.05) is 41.2 Å². The van der Waals surface area contributed by atoms with Gasteiger partial charge in [0, 0.05) is 48.6 Å². The zero-order valence-corrected chi connectivity index (χ0v) is 15.7. The highest BCUT2D eigenvalue weighted by Gasteiger charge is 2.24. The number of hydrogen-bond donors (Lipinski definition) is 1. The SMILES string of the molecule is COCc1ccc(NC(=O)C=Cc2cnccc2-c2cnn(C3CC3)c2)cc1. The number of rotatable bonds is 7. The van der Waals surface area contributed by atoms with Crippen molar-refractivity contribution in [1.82, 2.24) is 14.8 Å².